The summed E-state index contributed by atoms with van der Waals surface area (Å²) < 4.78 is 23.9. The molecule has 0 spiro atoms. The Bertz CT molecular complexity index is 735. The summed E-state index contributed by atoms with van der Waals surface area (Å²) >= 11 is 5.75. The van der Waals surface area contributed by atoms with Gasteiger partial charge in [-0.1, -0.05) is 11.6 Å². The molecule has 0 bridgehead atoms. The number of hydrogen-bond acceptors (Lipinski definition) is 5. The summed E-state index contributed by atoms with van der Waals surface area (Å²) in [6.07, 6.45) is 0.439. The van der Waals surface area contributed by atoms with Crippen molar-refractivity contribution in [3.05, 3.63) is 29.0 Å². The first kappa shape index (κ1) is 21.0. The van der Waals surface area contributed by atoms with Crippen LogP contribution in [0.2, 0.25) is 5.02 Å². The third kappa shape index (κ3) is 6.09. The summed E-state index contributed by atoms with van der Waals surface area (Å²) in [5, 5.41) is 2.53. The van der Waals surface area contributed by atoms with E-state index in [0.717, 1.165) is 6.07 Å². The number of amides is 2. The molecule has 148 valence electrons. The standard InChI is InChI=1S/C18H22ClFN2O5/c1-18(2,3)27-17(25)22-8-4-5-14(22)16(24)26-10-15(23)21-13-9-11(19)6-7-12(13)20/h6-7,9,14H,4-5,8,10H2,1-3H3,(H,21,23)/t14-/m0/s1. The Labute approximate surface area is 161 Å². The van der Waals surface area contributed by atoms with Crippen LogP contribution in [0.5, 0.6) is 0 Å². The molecule has 0 radical (unpaired) electrons. The van der Waals surface area contributed by atoms with Crippen molar-refractivity contribution < 1.29 is 28.2 Å². The third-order valence-corrected chi connectivity index (χ3v) is 3.94. The minimum atomic E-state index is -0.810. The van der Waals surface area contributed by atoms with E-state index in [1.807, 2.05) is 0 Å². The number of nitrogens with one attached hydrogen (secondary N) is 1. The van der Waals surface area contributed by atoms with Crippen LogP contribution in [0.25, 0.3) is 0 Å². The Morgan fingerprint density at radius 1 is 1.33 bits per heavy atom. The van der Waals surface area contributed by atoms with E-state index in [1.54, 1.807) is 20.8 Å². The SMILES string of the molecule is CC(C)(C)OC(=O)N1CCC[C@H]1C(=O)OCC(=O)Nc1cc(Cl)ccc1F. The van der Waals surface area contributed by atoms with Crippen molar-refractivity contribution in [2.75, 3.05) is 18.5 Å². The molecule has 9 heteroatoms. The molecule has 2 rings (SSSR count). The van der Waals surface area contributed by atoms with Crippen LogP contribution < -0.4 is 5.32 Å². The predicted octanol–water partition coefficient (Wildman–Crippen LogP) is 3.36. The number of anilines is 1. The Morgan fingerprint density at radius 3 is 2.70 bits per heavy atom. The van der Waals surface area contributed by atoms with Crippen LogP contribution in [0, 0.1) is 5.82 Å². The minimum absolute atomic E-state index is 0.111. The number of likely N-dealkylation sites (tertiary alicyclic amines) is 1. The molecule has 1 heterocycles. The van der Waals surface area contributed by atoms with Crippen LogP contribution in [0.15, 0.2) is 18.2 Å². The maximum atomic E-state index is 13.6. The molecule has 1 aliphatic rings. The van der Waals surface area contributed by atoms with Gasteiger partial charge in [-0.15, -0.1) is 0 Å². The lowest BCUT2D eigenvalue weighted by atomic mass is 10.2. The van der Waals surface area contributed by atoms with Crippen LogP contribution in [0.3, 0.4) is 0 Å². The van der Waals surface area contributed by atoms with Crippen molar-refractivity contribution in [3.8, 4) is 0 Å². The Kier molecular flexibility index (Phi) is 6.64. The summed E-state index contributed by atoms with van der Waals surface area (Å²) in [6, 6.07) is 2.90. The van der Waals surface area contributed by atoms with E-state index in [4.69, 9.17) is 21.1 Å². The largest absolute Gasteiger partial charge is 0.454 e. The average molecular weight is 401 g/mol. The molecule has 0 unspecified atom stereocenters. The number of ether oxygens (including phenoxy) is 2. The van der Waals surface area contributed by atoms with E-state index < -0.39 is 42.0 Å². The van der Waals surface area contributed by atoms with E-state index in [-0.39, 0.29) is 10.7 Å². The maximum Gasteiger partial charge on any atom is 0.411 e. The lowest BCUT2D eigenvalue weighted by molar-refractivity contribution is -0.151. The molecule has 1 aliphatic heterocycles. The molecular weight excluding hydrogens is 379 g/mol. The van der Waals surface area contributed by atoms with Crippen molar-refractivity contribution in [2.24, 2.45) is 0 Å². The Hall–Kier alpha value is -2.35. The highest BCUT2D eigenvalue weighted by Gasteiger charge is 2.37. The summed E-state index contributed by atoms with van der Waals surface area (Å²) in [5.41, 5.74) is -0.797. The molecule has 2 amide bonds. The molecule has 27 heavy (non-hydrogen) atoms. The number of esters is 1. The van der Waals surface area contributed by atoms with Crippen molar-refractivity contribution in [1.29, 1.82) is 0 Å². The van der Waals surface area contributed by atoms with E-state index in [2.05, 4.69) is 5.32 Å². The molecule has 7 nitrogen and oxygen atoms in total. The maximum absolute atomic E-state index is 13.6. The van der Waals surface area contributed by atoms with Gasteiger partial charge in [0.1, 0.15) is 17.5 Å². The van der Waals surface area contributed by atoms with Gasteiger partial charge in [0.25, 0.3) is 5.91 Å². The number of benzene rings is 1. The van der Waals surface area contributed by atoms with Crippen molar-refractivity contribution in [1.82, 2.24) is 4.90 Å². The first-order chi connectivity index (χ1) is 12.6. The van der Waals surface area contributed by atoms with Gasteiger partial charge in [-0.3, -0.25) is 9.69 Å². The summed E-state index contributed by atoms with van der Waals surface area (Å²) in [6.45, 7) is 4.95. The van der Waals surface area contributed by atoms with E-state index in [0.29, 0.717) is 19.4 Å². The van der Waals surface area contributed by atoms with E-state index >= 15 is 0 Å². The molecular formula is C18H22ClFN2O5. The number of carbonyl (C=O) groups excluding carboxylic acids is 3. The van der Waals surface area contributed by atoms with Crippen LogP contribution in [-0.2, 0) is 19.1 Å². The third-order valence-electron chi connectivity index (χ3n) is 3.70. The zero-order chi connectivity index (χ0) is 20.2. The van der Waals surface area contributed by atoms with Crippen LogP contribution in [0.1, 0.15) is 33.6 Å². The normalized spacial score (nSPS) is 16.8. The average Bonchev–Trinajstić information content (AvgIpc) is 3.04. The van der Waals surface area contributed by atoms with Gasteiger partial charge in [-0.2, -0.15) is 0 Å². The summed E-state index contributed by atoms with van der Waals surface area (Å²) in [5.74, 6) is -2.09. The fourth-order valence-corrected chi connectivity index (χ4v) is 2.74. The van der Waals surface area contributed by atoms with Gasteiger partial charge in [0, 0.05) is 11.6 Å². The van der Waals surface area contributed by atoms with Gasteiger partial charge in [0.2, 0.25) is 0 Å². The van der Waals surface area contributed by atoms with Gasteiger partial charge >= 0.3 is 12.1 Å². The molecule has 1 aromatic rings. The first-order valence-corrected chi connectivity index (χ1v) is 8.86. The van der Waals surface area contributed by atoms with Crippen molar-refractivity contribution in [2.45, 2.75) is 45.3 Å². The molecule has 1 aromatic carbocycles. The van der Waals surface area contributed by atoms with Gasteiger partial charge in [0.15, 0.2) is 6.61 Å². The Balaban J connectivity index is 1.89. The number of carbonyl (C=O) groups is 3. The zero-order valence-corrected chi connectivity index (χ0v) is 16.1. The highest BCUT2D eigenvalue weighted by atomic mass is 35.5. The summed E-state index contributed by atoms with van der Waals surface area (Å²) in [7, 11) is 0. The first-order valence-electron chi connectivity index (χ1n) is 8.48. The lowest BCUT2D eigenvalue weighted by Gasteiger charge is -2.27. The quantitative estimate of drug-likeness (QED) is 0.783. The highest BCUT2D eigenvalue weighted by Crippen LogP contribution is 2.22. The van der Waals surface area contributed by atoms with E-state index in [1.165, 1.54) is 17.0 Å². The molecule has 1 atom stereocenters. The van der Waals surface area contributed by atoms with Gasteiger partial charge in [-0.25, -0.2) is 14.0 Å². The number of nitrogens with zero attached hydrogens (tertiary/aromatic N) is 1. The fraction of sp³-hybridized carbons (Fsp3) is 0.500. The molecule has 0 aliphatic carbocycles. The smallest absolute Gasteiger partial charge is 0.411 e. The molecule has 0 aromatic heterocycles. The topological polar surface area (TPSA) is 84.9 Å². The second-order valence-electron chi connectivity index (χ2n) is 7.11. The van der Waals surface area contributed by atoms with E-state index in [9.17, 15) is 18.8 Å². The second kappa shape index (κ2) is 8.56. The Morgan fingerprint density at radius 2 is 2.04 bits per heavy atom. The minimum Gasteiger partial charge on any atom is -0.454 e. The monoisotopic (exact) mass is 400 g/mol. The number of rotatable bonds is 4. The number of halogens is 2. The predicted molar refractivity (Wildman–Crippen MR) is 97.0 cm³/mol. The van der Waals surface area contributed by atoms with Crippen LogP contribution in [0.4, 0.5) is 14.9 Å². The molecule has 0 saturated carbocycles. The fourth-order valence-electron chi connectivity index (χ4n) is 2.56. The lowest BCUT2D eigenvalue weighted by Crippen LogP contribution is -2.44. The van der Waals surface area contributed by atoms with Gasteiger partial charge in [0.05, 0.1) is 5.69 Å². The van der Waals surface area contributed by atoms with Crippen molar-refractivity contribution in [3.63, 3.8) is 0 Å². The molecule has 1 N–H and O–H groups in total. The van der Waals surface area contributed by atoms with Crippen LogP contribution in [-0.4, -0.2) is 47.7 Å². The van der Waals surface area contributed by atoms with Gasteiger partial charge in [-0.05, 0) is 51.8 Å². The molecule has 1 saturated heterocycles. The van der Waals surface area contributed by atoms with Crippen LogP contribution >= 0.6 is 11.6 Å². The number of hydrogen-bond donors (Lipinski definition) is 1. The second-order valence-corrected chi connectivity index (χ2v) is 7.55. The highest BCUT2D eigenvalue weighted by molar-refractivity contribution is 6.30. The summed E-state index contributed by atoms with van der Waals surface area (Å²) in [4.78, 5) is 37.6. The van der Waals surface area contributed by atoms with Gasteiger partial charge < -0.3 is 14.8 Å². The van der Waals surface area contributed by atoms with Crippen molar-refractivity contribution >= 4 is 35.3 Å². The molecule has 1 fully saturated rings. The zero-order valence-electron chi connectivity index (χ0n) is 15.4.